The minimum Gasteiger partial charge on any atom is -0.462 e. The molecule has 0 saturated carbocycles. The Labute approximate surface area is 104 Å². The van der Waals surface area contributed by atoms with Crippen LogP contribution in [0, 0.1) is 0 Å². The molecule has 0 aliphatic carbocycles. The summed E-state index contributed by atoms with van der Waals surface area (Å²) < 4.78 is 67.9. The highest BCUT2D eigenvalue weighted by Crippen LogP contribution is 2.38. The van der Waals surface area contributed by atoms with Crippen LogP contribution in [0.5, 0.6) is 0 Å². The van der Waals surface area contributed by atoms with Gasteiger partial charge in [-0.3, -0.25) is 0 Å². The minimum atomic E-state index is -5.02. The number of hydrogen-bond acceptors (Lipinski definition) is 4. The molecule has 9 heteroatoms. The molecule has 1 heterocycles. The number of halogens is 5. The summed E-state index contributed by atoms with van der Waals surface area (Å²) in [6.07, 6.45) is -8.17. The highest BCUT2D eigenvalue weighted by molar-refractivity contribution is 5.94. The second-order valence-electron chi connectivity index (χ2n) is 3.36. The Bertz CT molecular complexity index is 488. The molecule has 0 radical (unpaired) electrons. The Kier molecular flexibility index (Phi) is 4.28. The summed E-state index contributed by atoms with van der Waals surface area (Å²) in [7, 11) is 0. The van der Waals surface area contributed by atoms with Crippen LogP contribution in [0.4, 0.5) is 27.8 Å². The van der Waals surface area contributed by atoms with Gasteiger partial charge in [-0.2, -0.15) is 13.2 Å². The first-order valence-corrected chi connectivity index (χ1v) is 5.01. The zero-order valence-corrected chi connectivity index (χ0v) is 9.59. The van der Waals surface area contributed by atoms with Gasteiger partial charge in [-0.15, -0.1) is 0 Å². The molecule has 0 fully saturated rings. The van der Waals surface area contributed by atoms with Crippen molar-refractivity contribution in [2.45, 2.75) is 19.5 Å². The lowest BCUT2D eigenvalue weighted by Gasteiger charge is -2.16. The van der Waals surface area contributed by atoms with E-state index in [1.807, 2.05) is 0 Å². The maximum Gasteiger partial charge on any atom is 0.418 e. The number of pyridine rings is 1. The smallest absolute Gasteiger partial charge is 0.418 e. The number of ether oxygens (including phenoxy) is 1. The van der Waals surface area contributed by atoms with E-state index in [4.69, 9.17) is 5.73 Å². The normalized spacial score (nSPS) is 11.7. The summed E-state index contributed by atoms with van der Waals surface area (Å²) in [6.45, 7) is 1.07. The van der Waals surface area contributed by atoms with E-state index in [2.05, 4.69) is 9.72 Å². The molecule has 0 aromatic carbocycles. The van der Waals surface area contributed by atoms with Gasteiger partial charge in [0.15, 0.2) is 0 Å². The Morgan fingerprint density at radius 3 is 2.47 bits per heavy atom. The molecular weight excluding hydrogens is 275 g/mol. The molecule has 0 spiro atoms. The van der Waals surface area contributed by atoms with E-state index in [0.29, 0.717) is 0 Å². The third-order valence-corrected chi connectivity index (χ3v) is 2.15. The monoisotopic (exact) mass is 284 g/mol. The van der Waals surface area contributed by atoms with E-state index < -0.39 is 41.1 Å². The number of nitrogens with two attached hydrogens (primary N) is 1. The van der Waals surface area contributed by atoms with Crippen molar-refractivity contribution in [2.24, 2.45) is 0 Å². The first-order chi connectivity index (χ1) is 8.70. The van der Waals surface area contributed by atoms with Crippen LogP contribution in [0.25, 0.3) is 0 Å². The van der Waals surface area contributed by atoms with Gasteiger partial charge in [-0.05, 0) is 6.92 Å². The maximum absolute atomic E-state index is 12.8. The molecule has 0 amide bonds. The van der Waals surface area contributed by atoms with Gasteiger partial charge in [0.05, 0.1) is 23.3 Å². The van der Waals surface area contributed by atoms with Crippen molar-refractivity contribution in [3.63, 3.8) is 0 Å². The zero-order valence-electron chi connectivity index (χ0n) is 9.59. The predicted octanol–water partition coefficient (Wildman–Crippen LogP) is 2.80. The van der Waals surface area contributed by atoms with Crippen molar-refractivity contribution in [3.05, 3.63) is 22.9 Å². The van der Waals surface area contributed by atoms with Crippen molar-refractivity contribution >= 4 is 11.8 Å². The van der Waals surface area contributed by atoms with E-state index in [1.54, 1.807) is 0 Å². The van der Waals surface area contributed by atoms with Crippen molar-refractivity contribution in [3.8, 4) is 0 Å². The molecule has 0 aliphatic heterocycles. The summed E-state index contributed by atoms with van der Waals surface area (Å²) in [5, 5.41) is 0. The minimum absolute atomic E-state index is 0.230. The van der Waals surface area contributed by atoms with Gasteiger partial charge in [-0.1, -0.05) is 0 Å². The highest BCUT2D eigenvalue weighted by atomic mass is 19.4. The lowest BCUT2D eigenvalue weighted by atomic mass is 10.0. The fourth-order valence-corrected chi connectivity index (χ4v) is 1.40. The van der Waals surface area contributed by atoms with Crippen LogP contribution >= 0.6 is 0 Å². The van der Waals surface area contributed by atoms with Gasteiger partial charge >= 0.3 is 12.1 Å². The molecule has 0 bridgehead atoms. The quantitative estimate of drug-likeness (QED) is 0.684. The number of carbonyl (C=O) groups excluding carboxylic acids is 1. The molecule has 106 valence electrons. The fraction of sp³-hybridized carbons (Fsp3) is 0.400. The number of nitrogen functional groups attached to an aromatic ring is 1. The van der Waals surface area contributed by atoms with Crippen LogP contribution in [0.15, 0.2) is 6.20 Å². The van der Waals surface area contributed by atoms with E-state index in [0.717, 1.165) is 0 Å². The molecule has 4 nitrogen and oxygen atoms in total. The molecular formula is C10H9F5N2O2. The van der Waals surface area contributed by atoms with Crippen LogP contribution in [-0.4, -0.2) is 17.6 Å². The van der Waals surface area contributed by atoms with Gasteiger partial charge in [0, 0.05) is 6.20 Å². The largest absolute Gasteiger partial charge is 0.462 e. The number of hydrogen-bond donors (Lipinski definition) is 1. The molecule has 0 saturated heterocycles. The summed E-state index contributed by atoms with van der Waals surface area (Å²) in [6, 6.07) is 0. The number of aromatic nitrogens is 1. The van der Waals surface area contributed by atoms with E-state index in [1.165, 1.54) is 6.92 Å². The number of esters is 1. The molecule has 1 aromatic heterocycles. The maximum atomic E-state index is 12.8. The number of anilines is 1. The average Bonchev–Trinajstić information content (AvgIpc) is 2.26. The molecule has 19 heavy (non-hydrogen) atoms. The van der Waals surface area contributed by atoms with Crippen molar-refractivity contribution in [2.75, 3.05) is 12.3 Å². The molecule has 0 aliphatic rings. The van der Waals surface area contributed by atoms with Gasteiger partial charge in [-0.25, -0.2) is 18.6 Å². The molecule has 0 unspecified atom stereocenters. The van der Waals surface area contributed by atoms with Crippen LogP contribution < -0.4 is 5.73 Å². The standard InChI is InChI=1S/C10H9F5N2O2/c1-2-19-9(18)5-4(10(13,14)15)3-17-8(16)6(5)7(11)12/h3,7H,2H2,1H3,(H2,16,17). The van der Waals surface area contributed by atoms with E-state index >= 15 is 0 Å². The predicted molar refractivity (Wildman–Crippen MR) is 54.6 cm³/mol. The average molecular weight is 284 g/mol. The number of nitrogens with zero attached hydrogens (tertiary/aromatic N) is 1. The van der Waals surface area contributed by atoms with Crippen LogP contribution in [0.3, 0.4) is 0 Å². The Hall–Kier alpha value is -1.93. The summed E-state index contributed by atoms with van der Waals surface area (Å²) in [5.74, 6) is -2.36. The highest BCUT2D eigenvalue weighted by Gasteiger charge is 2.40. The van der Waals surface area contributed by atoms with Gasteiger partial charge in [0.25, 0.3) is 6.43 Å². The second kappa shape index (κ2) is 5.37. The molecule has 0 atom stereocenters. The molecule has 2 N–H and O–H groups in total. The fourth-order valence-electron chi connectivity index (χ4n) is 1.40. The number of rotatable bonds is 3. The summed E-state index contributed by atoms with van der Waals surface area (Å²) >= 11 is 0. The van der Waals surface area contributed by atoms with Crippen LogP contribution in [0.2, 0.25) is 0 Å². The molecule has 1 rings (SSSR count). The Morgan fingerprint density at radius 1 is 1.47 bits per heavy atom. The Morgan fingerprint density at radius 2 is 2.05 bits per heavy atom. The second-order valence-corrected chi connectivity index (χ2v) is 3.36. The number of alkyl halides is 5. The lowest BCUT2D eigenvalue weighted by Crippen LogP contribution is -2.20. The third kappa shape index (κ3) is 3.09. The third-order valence-electron chi connectivity index (χ3n) is 2.15. The summed E-state index contributed by atoms with van der Waals surface area (Å²) in [4.78, 5) is 14.5. The van der Waals surface area contributed by atoms with Crippen LogP contribution in [-0.2, 0) is 10.9 Å². The topological polar surface area (TPSA) is 65.2 Å². The summed E-state index contributed by atoms with van der Waals surface area (Å²) in [5.41, 5.74) is 0.936. The van der Waals surface area contributed by atoms with E-state index in [9.17, 15) is 26.7 Å². The Balaban J connectivity index is 3.59. The van der Waals surface area contributed by atoms with Crippen molar-refractivity contribution in [1.82, 2.24) is 4.98 Å². The lowest BCUT2D eigenvalue weighted by molar-refractivity contribution is -0.138. The first kappa shape index (κ1) is 15.1. The first-order valence-electron chi connectivity index (χ1n) is 5.01. The van der Waals surface area contributed by atoms with Crippen molar-refractivity contribution in [1.29, 1.82) is 0 Å². The van der Waals surface area contributed by atoms with E-state index in [-0.39, 0.29) is 12.8 Å². The van der Waals surface area contributed by atoms with Gasteiger partial charge < -0.3 is 10.5 Å². The van der Waals surface area contributed by atoms with Crippen LogP contribution in [0.1, 0.15) is 34.8 Å². The number of carbonyl (C=O) groups is 1. The van der Waals surface area contributed by atoms with Gasteiger partial charge in [0.1, 0.15) is 5.82 Å². The SMILES string of the molecule is CCOC(=O)c1c(C(F)(F)F)cnc(N)c1C(F)F. The van der Waals surface area contributed by atoms with Crippen molar-refractivity contribution < 1.29 is 31.5 Å². The zero-order chi connectivity index (χ0) is 14.8. The van der Waals surface area contributed by atoms with Gasteiger partial charge in [0.2, 0.25) is 0 Å². The molecule has 1 aromatic rings.